The Morgan fingerprint density at radius 1 is 1.19 bits per heavy atom. The van der Waals surface area contributed by atoms with Crippen LogP contribution in [-0.2, 0) is 13.2 Å². The highest BCUT2D eigenvalue weighted by atomic mass is 19.1. The lowest BCUT2D eigenvalue weighted by Crippen LogP contribution is -2.40. The van der Waals surface area contributed by atoms with Gasteiger partial charge in [-0.2, -0.15) is 5.10 Å². The molecule has 4 rings (SSSR count). The van der Waals surface area contributed by atoms with Gasteiger partial charge >= 0.3 is 0 Å². The number of nitrogens with zero attached hydrogens (tertiary/aromatic N) is 4. The van der Waals surface area contributed by atoms with E-state index in [2.05, 4.69) is 10.1 Å². The van der Waals surface area contributed by atoms with Crippen LogP contribution in [0.5, 0.6) is 11.6 Å². The van der Waals surface area contributed by atoms with E-state index in [4.69, 9.17) is 9.47 Å². The van der Waals surface area contributed by atoms with Crippen molar-refractivity contribution in [3.63, 3.8) is 0 Å². The van der Waals surface area contributed by atoms with Crippen LogP contribution in [-0.4, -0.2) is 34.3 Å². The standard InChI is InChI=1S/C19H17FN4O3/c1-26-18-16(3-2-8-21-18)23-9-10-24-17(19(23)25)11-14(22-24)12-27-15-6-4-13(20)5-7-15/h2-8,11H,9-10,12H2,1H3. The molecule has 1 aliphatic rings. The normalized spacial score (nSPS) is 13.4. The molecule has 0 radical (unpaired) electrons. The number of carbonyl (C=O) groups excluding carboxylic acids is 1. The van der Waals surface area contributed by atoms with Gasteiger partial charge in [0, 0.05) is 12.7 Å². The van der Waals surface area contributed by atoms with Crippen molar-refractivity contribution in [2.75, 3.05) is 18.6 Å². The van der Waals surface area contributed by atoms with Crippen LogP contribution in [0, 0.1) is 5.82 Å². The largest absolute Gasteiger partial charge is 0.487 e. The Kier molecular flexibility index (Phi) is 4.45. The van der Waals surface area contributed by atoms with Crippen LogP contribution in [0.1, 0.15) is 16.2 Å². The molecule has 2 aromatic heterocycles. The average molecular weight is 368 g/mol. The molecular weight excluding hydrogens is 351 g/mol. The minimum absolute atomic E-state index is 0.173. The van der Waals surface area contributed by atoms with E-state index in [0.717, 1.165) is 0 Å². The van der Waals surface area contributed by atoms with Gasteiger partial charge in [-0.3, -0.25) is 9.48 Å². The maximum Gasteiger partial charge on any atom is 0.276 e. The fraction of sp³-hybridized carbons (Fsp3) is 0.211. The third-order valence-electron chi connectivity index (χ3n) is 4.27. The first-order valence-corrected chi connectivity index (χ1v) is 8.41. The second-order valence-corrected chi connectivity index (χ2v) is 5.98. The summed E-state index contributed by atoms with van der Waals surface area (Å²) in [5.74, 6) is 0.443. The van der Waals surface area contributed by atoms with E-state index in [0.29, 0.717) is 41.8 Å². The monoisotopic (exact) mass is 368 g/mol. The summed E-state index contributed by atoms with van der Waals surface area (Å²) in [5, 5.41) is 4.43. The first-order chi connectivity index (χ1) is 13.2. The number of hydrogen-bond donors (Lipinski definition) is 0. The maximum absolute atomic E-state index is 13.0. The molecule has 1 amide bonds. The molecule has 0 N–H and O–H groups in total. The molecule has 3 aromatic rings. The Balaban J connectivity index is 1.52. The third-order valence-corrected chi connectivity index (χ3v) is 4.27. The van der Waals surface area contributed by atoms with Crippen molar-refractivity contribution in [1.82, 2.24) is 14.8 Å². The highest BCUT2D eigenvalue weighted by Crippen LogP contribution is 2.28. The van der Waals surface area contributed by atoms with Crippen LogP contribution in [0.3, 0.4) is 0 Å². The van der Waals surface area contributed by atoms with E-state index < -0.39 is 0 Å². The fourth-order valence-electron chi connectivity index (χ4n) is 2.98. The Morgan fingerprint density at radius 2 is 2.00 bits per heavy atom. The molecule has 0 unspecified atom stereocenters. The number of pyridine rings is 1. The predicted molar refractivity (Wildman–Crippen MR) is 95.4 cm³/mol. The molecule has 138 valence electrons. The van der Waals surface area contributed by atoms with Crippen molar-refractivity contribution in [2.45, 2.75) is 13.2 Å². The summed E-state index contributed by atoms with van der Waals surface area (Å²) in [6.45, 7) is 1.21. The van der Waals surface area contributed by atoms with E-state index in [1.165, 1.54) is 19.2 Å². The van der Waals surface area contributed by atoms with E-state index in [-0.39, 0.29) is 18.3 Å². The van der Waals surface area contributed by atoms with Crippen molar-refractivity contribution in [2.24, 2.45) is 0 Å². The van der Waals surface area contributed by atoms with Gasteiger partial charge in [-0.1, -0.05) is 0 Å². The SMILES string of the molecule is COc1ncccc1N1CCn2nc(COc3ccc(F)cc3)cc2C1=O. The summed E-state index contributed by atoms with van der Waals surface area (Å²) in [6.07, 6.45) is 1.62. The summed E-state index contributed by atoms with van der Waals surface area (Å²) < 4.78 is 25.5. The lowest BCUT2D eigenvalue weighted by Gasteiger charge is -2.28. The van der Waals surface area contributed by atoms with Crippen molar-refractivity contribution in [1.29, 1.82) is 0 Å². The molecule has 1 aromatic carbocycles. The van der Waals surface area contributed by atoms with Crippen LogP contribution < -0.4 is 14.4 Å². The van der Waals surface area contributed by atoms with Crippen LogP contribution >= 0.6 is 0 Å². The second-order valence-electron chi connectivity index (χ2n) is 5.98. The molecule has 0 atom stereocenters. The molecule has 0 saturated heterocycles. The number of hydrogen-bond acceptors (Lipinski definition) is 5. The van der Waals surface area contributed by atoms with Crippen molar-refractivity contribution >= 4 is 11.6 Å². The first kappa shape index (κ1) is 17.0. The molecule has 3 heterocycles. The molecule has 0 spiro atoms. The quantitative estimate of drug-likeness (QED) is 0.693. The van der Waals surface area contributed by atoms with Gasteiger partial charge in [0.15, 0.2) is 0 Å². The summed E-state index contributed by atoms with van der Waals surface area (Å²) in [4.78, 5) is 18.7. The topological polar surface area (TPSA) is 69.5 Å². The smallest absolute Gasteiger partial charge is 0.276 e. The number of anilines is 1. The molecule has 7 nitrogen and oxygen atoms in total. The molecule has 0 saturated carbocycles. The predicted octanol–water partition coefficient (Wildman–Crippen LogP) is 2.67. The zero-order valence-corrected chi connectivity index (χ0v) is 14.6. The first-order valence-electron chi connectivity index (χ1n) is 8.41. The van der Waals surface area contributed by atoms with Gasteiger partial charge in [0.2, 0.25) is 5.88 Å². The van der Waals surface area contributed by atoms with Gasteiger partial charge in [-0.25, -0.2) is 9.37 Å². The molecule has 0 fully saturated rings. The average Bonchev–Trinajstić information content (AvgIpc) is 3.12. The van der Waals surface area contributed by atoms with Crippen LogP contribution in [0.15, 0.2) is 48.7 Å². The Morgan fingerprint density at radius 3 is 2.78 bits per heavy atom. The van der Waals surface area contributed by atoms with Gasteiger partial charge in [0.05, 0.1) is 13.7 Å². The van der Waals surface area contributed by atoms with Gasteiger partial charge in [-0.05, 0) is 42.5 Å². The van der Waals surface area contributed by atoms with E-state index in [1.807, 2.05) is 0 Å². The number of halogens is 1. The zero-order chi connectivity index (χ0) is 18.8. The van der Waals surface area contributed by atoms with Crippen LogP contribution in [0.25, 0.3) is 0 Å². The van der Waals surface area contributed by atoms with Crippen molar-refractivity contribution in [3.05, 3.63) is 65.9 Å². The summed E-state index contributed by atoms with van der Waals surface area (Å²) in [6, 6.07) is 11.0. The number of benzene rings is 1. The Labute approximate surface area is 155 Å². The van der Waals surface area contributed by atoms with Gasteiger partial charge in [-0.15, -0.1) is 0 Å². The van der Waals surface area contributed by atoms with Gasteiger partial charge in [0.1, 0.15) is 35.2 Å². The molecule has 27 heavy (non-hydrogen) atoms. The van der Waals surface area contributed by atoms with Crippen molar-refractivity contribution in [3.8, 4) is 11.6 Å². The highest BCUT2D eigenvalue weighted by molar-refractivity contribution is 6.06. The lowest BCUT2D eigenvalue weighted by atomic mass is 10.2. The zero-order valence-electron chi connectivity index (χ0n) is 14.6. The number of carbonyl (C=O) groups is 1. The highest BCUT2D eigenvalue weighted by Gasteiger charge is 2.29. The van der Waals surface area contributed by atoms with Crippen molar-refractivity contribution < 1.29 is 18.7 Å². The molecule has 1 aliphatic heterocycles. The molecule has 0 aliphatic carbocycles. The maximum atomic E-state index is 13.0. The minimum Gasteiger partial charge on any atom is -0.487 e. The number of rotatable bonds is 5. The van der Waals surface area contributed by atoms with Crippen LogP contribution in [0.4, 0.5) is 10.1 Å². The Bertz CT molecular complexity index is 971. The summed E-state index contributed by atoms with van der Waals surface area (Å²) in [7, 11) is 1.52. The summed E-state index contributed by atoms with van der Waals surface area (Å²) in [5.41, 5.74) is 1.73. The number of ether oxygens (including phenoxy) is 2. The molecule has 8 heteroatoms. The van der Waals surface area contributed by atoms with Gasteiger partial charge in [0.25, 0.3) is 5.91 Å². The Hall–Kier alpha value is -3.42. The number of fused-ring (bicyclic) bond motifs is 1. The molecule has 0 bridgehead atoms. The third kappa shape index (κ3) is 3.33. The number of methoxy groups -OCH3 is 1. The van der Waals surface area contributed by atoms with Crippen LogP contribution in [0.2, 0.25) is 0 Å². The summed E-state index contributed by atoms with van der Waals surface area (Å²) >= 11 is 0. The number of amides is 1. The van der Waals surface area contributed by atoms with E-state index in [1.54, 1.807) is 46.1 Å². The number of aromatic nitrogens is 3. The van der Waals surface area contributed by atoms with E-state index >= 15 is 0 Å². The lowest BCUT2D eigenvalue weighted by molar-refractivity contribution is 0.0961. The minimum atomic E-state index is -0.323. The second kappa shape index (κ2) is 7.06. The van der Waals surface area contributed by atoms with Gasteiger partial charge < -0.3 is 14.4 Å². The fourth-order valence-corrected chi connectivity index (χ4v) is 2.98. The molecular formula is C19H17FN4O3. The van der Waals surface area contributed by atoms with E-state index in [9.17, 15) is 9.18 Å².